The highest BCUT2D eigenvalue weighted by Gasteiger charge is 2.14. The average Bonchev–Trinajstić information content (AvgIpc) is 2.67. The molecule has 0 fully saturated rings. The van der Waals surface area contributed by atoms with Gasteiger partial charge in [0.1, 0.15) is 5.82 Å². The molecule has 0 amide bonds. The number of hydrogen-bond acceptors (Lipinski definition) is 0. The maximum absolute atomic E-state index is 12.7. The van der Waals surface area contributed by atoms with Crippen molar-refractivity contribution in [1.82, 2.24) is 0 Å². The van der Waals surface area contributed by atoms with Crippen LogP contribution in [0.25, 0.3) is 5.57 Å². The zero-order chi connectivity index (χ0) is 9.97. The maximum atomic E-state index is 12.7. The Labute approximate surface area is 84.5 Å². The molecule has 0 heterocycles. The van der Waals surface area contributed by atoms with Crippen LogP contribution in [0.1, 0.15) is 38.2 Å². The van der Waals surface area contributed by atoms with Gasteiger partial charge in [-0.15, -0.1) is 0 Å². The summed E-state index contributed by atoms with van der Waals surface area (Å²) in [6.07, 6.45) is 4.78. The second kappa shape index (κ2) is 3.95. The fourth-order valence-corrected chi connectivity index (χ4v) is 2.20. The van der Waals surface area contributed by atoms with E-state index in [4.69, 9.17) is 0 Å². The maximum Gasteiger partial charge on any atom is 0.123 e. The number of rotatable bonds is 2. The third-order valence-corrected chi connectivity index (χ3v) is 2.95. The van der Waals surface area contributed by atoms with Gasteiger partial charge in [-0.25, -0.2) is 4.39 Å². The van der Waals surface area contributed by atoms with Crippen LogP contribution in [-0.4, -0.2) is 0 Å². The van der Waals surface area contributed by atoms with Crippen molar-refractivity contribution in [3.05, 3.63) is 41.2 Å². The molecule has 0 N–H and O–H groups in total. The van der Waals surface area contributed by atoms with E-state index < -0.39 is 0 Å². The molecule has 0 radical (unpaired) electrons. The van der Waals surface area contributed by atoms with Gasteiger partial charge < -0.3 is 0 Å². The molecule has 0 bridgehead atoms. The Kier molecular flexibility index (Phi) is 2.67. The molecule has 74 valence electrons. The van der Waals surface area contributed by atoms with Crippen LogP contribution in [0.15, 0.2) is 29.8 Å². The van der Waals surface area contributed by atoms with Crippen molar-refractivity contribution in [2.75, 3.05) is 0 Å². The normalized spacial score (nSPS) is 16.4. The average molecular weight is 190 g/mol. The molecule has 2 rings (SSSR count). The molecule has 0 aromatic heterocycles. The monoisotopic (exact) mass is 190 g/mol. The number of allylic oxidation sites excluding steroid dienone is 2. The molecule has 0 nitrogen and oxygen atoms in total. The Morgan fingerprint density at radius 1 is 1.14 bits per heavy atom. The van der Waals surface area contributed by atoms with E-state index in [1.54, 1.807) is 17.7 Å². The fourth-order valence-electron chi connectivity index (χ4n) is 2.20. The van der Waals surface area contributed by atoms with Crippen LogP contribution in [0.5, 0.6) is 0 Å². The first-order valence-electron chi connectivity index (χ1n) is 5.28. The molecule has 1 aliphatic carbocycles. The van der Waals surface area contributed by atoms with Crippen LogP contribution in [0.2, 0.25) is 0 Å². The van der Waals surface area contributed by atoms with Gasteiger partial charge in [0, 0.05) is 0 Å². The van der Waals surface area contributed by atoms with Gasteiger partial charge in [-0.1, -0.05) is 24.6 Å². The van der Waals surface area contributed by atoms with E-state index in [1.165, 1.54) is 24.0 Å². The van der Waals surface area contributed by atoms with Crippen LogP contribution >= 0.6 is 0 Å². The summed E-state index contributed by atoms with van der Waals surface area (Å²) >= 11 is 0. The predicted molar refractivity (Wildman–Crippen MR) is 57.5 cm³/mol. The van der Waals surface area contributed by atoms with Crippen molar-refractivity contribution in [3.8, 4) is 0 Å². The zero-order valence-electron chi connectivity index (χ0n) is 8.52. The molecule has 1 heteroatoms. The number of hydrogen-bond donors (Lipinski definition) is 0. The van der Waals surface area contributed by atoms with Gasteiger partial charge in [0.2, 0.25) is 0 Å². The standard InChI is InChI=1S/C13H15F/c1-2-10-4-3-5-13(10)11-6-8-12(14)9-7-11/h6-9H,2-5H2,1H3. The lowest BCUT2D eigenvalue weighted by Crippen LogP contribution is -1.84. The van der Waals surface area contributed by atoms with E-state index in [9.17, 15) is 4.39 Å². The van der Waals surface area contributed by atoms with Crippen LogP contribution < -0.4 is 0 Å². The van der Waals surface area contributed by atoms with Gasteiger partial charge in [0.15, 0.2) is 0 Å². The van der Waals surface area contributed by atoms with Gasteiger partial charge >= 0.3 is 0 Å². The summed E-state index contributed by atoms with van der Waals surface area (Å²) in [5.74, 6) is -0.148. The minimum Gasteiger partial charge on any atom is -0.207 e. The predicted octanol–water partition coefficient (Wildman–Crippen LogP) is 4.17. The highest BCUT2D eigenvalue weighted by atomic mass is 19.1. The smallest absolute Gasteiger partial charge is 0.123 e. The summed E-state index contributed by atoms with van der Waals surface area (Å²) in [5.41, 5.74) is 4.21. The summed E-state index contributed by atoms with van der Waals surface area (Å²) in [4.78, 5) is 0. The minimum atomic E-state index is -0.148. The Hall–Kier alpha value is -1.11. The van der Waals surface area contributed by atoms with Gasteiger partial charge in [0.05, 0.1) is 0 Å². The largest absolute Gasteiger partial charge is 0.207 e. The third kappa shape index (κ3) is 1.72. The van der Waals surface area contributed by atoms with E-state index in [2.05, 4.69) is 6.92 Å². The second-order valence-electron chi connectivity index (χ2n) is 3.80. The fraction of sp³-hybridized carbons (Fsp3) is 0.385. The van der Waals surface area contributed by atoms with Crippen molar-refractivity contribution < 1.29 is 4.39 Å². The van der Waals surface area contributed by atoms with Crippen LogP contribution in [0.3, 0.4) is 0 Å². The minimum absolute atomic E-state index is 0.148. The molecule has 0 saturated heterocycles. The number of benzene rings is 1. The van der Waals surface area contributed by atoms with Crippen molar-refractivity contribution in [2.45, 2.75) is 32.6 Å². The lowest BCUT2D eigenvalue weighted by Gasteiger charge is -2.05. The van der Waals surface area contributed by atoms with Crippen molar-refractivity contribution in [2.24, 2.45) is 0 Å². The Morgan fingerprint density at radius 3 is 2.50 bits per heavy atom. The molecule has 0 saturated carbocycles. The molecular weight excluding hydrogens is 175 g/mol. The molecule has 0 atom stereocenters. The van der Waals surface area contributed by atoms with Gasteiger partial charge in [-0.2, -0.15) is 0 Å². The van der Waals surface area contributed by atoms with Gasteiger partial charge in [-0.05, 0) is 49.0 Å². The van der Waals surface area contributed by atoms with Crippen molar-refractivity contribution in [1.29, 1.82) is 0 Å². The summed E-state index contributed by atoms with van der Waals surface area (Å²) in [6.45, 7) is 2.20. The van der Waals surface area contributed by atoms with Gasteiger partial charge in [-0.3, -0.25) is 0 Å². The summed E-state index contributed by atoms with van der Waals surface area (Å²) in [7, 11) is 0. The van der Waals surface area contributed by atoms with E-state index in [0.717, 1.165) is 12.8 Å². The van der Waals surface area contributed by atoms with Crippen LogP contribution in [0, 0.1) is 5.82 Å². The van der Waals surface area contributed by atoms with E-state index >= 15 is 0 Å². The quantitative estimate of drug-likeness (QED) is 0.656. The van der Waals surface area contributed by atoms with Crippen molar-refractivity contribution in [3.63, 3.8) is 0 Å². The first-order chi connectivity index (χ1) is 6.81. The Morgan fingerprint density at radius 2 is 1.86 bits per heavy atom. The Balaban J connectivity index is 2.34. The summed E-state index contributed by atoms with van der Waals surface area (Å²) < 4.78 is 12.7. The van der Waals surface area contributed by atoms with Crippen LogP contribution in [0.4, 0.5) is 4.39 Å². The molecule has 0 unspecified atom stereocenters. The SMILES string of the molecule is CCC1=C(c2ccc(F)cc2)CCC1. The Bertz CT molecular complexity index is 346. The first-order valence-corrected chi connectivity index (χ1v) is 5.28. The lowest BCUT2D eigenvalue weighted by atomic mass is 10.0. The zero-order valence-corrected chi connectivity index (χ0v) is 8.52. The highest BCUT2D eigenvalue weighted by molar-refractivity contribution is 5.70. The molecule has 1 aliphatic rings. The second-order valence-corrected chi connectivity index (χ2v) is 3.80. The molecular formula is C13H15F. The molecule has 1 aromatic rings. The molecule has 0 spiro atoms. The van der Waals surface area contributed by atoms with Gasteiger partial charge in [0.25, 0.3) is 0 Å². The highest BCUT2D eigenvalue weighted by Crippen LogP contribution is 2.35. The third-order valence-electron chi connectivity index (χ3n) is 2.95. The van der Waals surface area contributed by atoms with E-state index in [0.29, 0.717) is 0 Å². The number of halogens is 1. The molecule has 14 heavy (non-hydrogen) atoms. The lowest BCUT2D eigenvalue weighted by molar-refractivity contribution is 0.627. The topological polar surface area (TPSA) is 0 Å². The van der Waals surface area contributed by atoms with Crippen LogP contribution in [-0.2, 0) is 0 Å². The van der Waals surface area contributed by atoms with Crippen molar-refractivity contribution >= 4 is 5.57 Å². The summed E-state index contributed by atoms with van der Waals surface area (Å²) in [5, 5.41) is 0. The summed E-state index contributed by atoms with van der Waals surface area (Å²) in [6, 6.07) is 6.89. The van der Waals surface area contributed by atoms with E-state index in [-0.39, 0.29) is 5.82 Å². The van der Waals surface area contributed by atoms with E-state index in [1.807, 2.05) is 12.1 Å². The molecule has 1 aromatic carbocycles. The first kappa shape index (κ1) is 9.45. The molecule has 0 aliphatic heterocycles.